The molecule has 0 unspecified atom stereocenters. The van der Waals surface area contributed by atoms with Crippen LogP contribution in [0.2, 0.25) is 0 Å². The number of fused-ring (bicyclic) bond motifs is 2. The fourth-order valence-electron chi connectivity index (χ4n) is 5.61. The van der Waals surface area contributed by atoms with Crippen LogP contribution in [0.1, 0.15) is 21.9 Å². The zero-order chi connectivity index (χ0) is 32.2. The topological polar surface area (TPSA) is 152 Å². The summed E-state index contributed by atoms with van der Waals surface area (Å²) in [7, 11) is -0.0541. The van der Waals surface area contributed by atoms with Crippen molar-refractivity contribution >= 4 is 67.9 Å². The minimum atomic E-state index is -3.90. The fourth-order valence-corrected chi connectivity index (χ4v) is 8.90. The first-order valence-electron chi connectivity index (χ1n) is 13.9. The number of carbonyl (C=O) groups is 3. The van der Waals surface area contributed by atoms with E-state index >= 15 is 0 Å². The van der Waals surface area contributed by atoms with Crippen molar-refractivity contribution in [2.75, 3.05) is 29.2 Å². The number of nitrogens with two attached hydrogens (primary N) is 1. The maximum absolute atomic E-state index is 14.1. The van der Waals surface area contributed by atoms with Crippen molar-refractivity contribution in [3.63, 3.8) is 0 Å². The quantitative estimate of drug-likeness (QED) is 0.286. The highest BCUT2D eigenvalue weighted by molar-refractivity contribution is 8.00. The second-order valence-corrected chi connectivity index (χ2v) is 14.8. The third-order valence-corrected chi connectivity index (χ3v) is 11.4. The van der Waals surface area contributed by atoms with Gasteiger partial charge in [0.05, 0.1) is 21.5 Å². The largest absolute Gasteiger partial charge is 0.378 e. The van der Waals surface area contributed by atoms with Crippen LogP contribution in [0.5, 0.6) is 0 Å². The summed E-state index contributed by atoms with van der Waals surface area (Å²) in [6, 6.07) is 20.2. The Morgan fingerprint density at radius 1 is 0.933 bits per heavy atom. The molecule has 1 saturated heterocycles. The van der Waals surface area contributed by atoms with E-state index in [1.54, 1.807) is 12.1 Å². The van der Waals surface area contributed by atoms with Crippen LogP contribution in [0.25, 0.3) is 0 Å². The molecule has 45 heavy (non-hydrogen) atoms. The number of anilines is 3. The summed E-state index contributed by atoms with van der Waals surface area (Å²) in [5.41, 5.74) is 3.54. The van der Waals surface area contributed by atoms with Gasteiger partial charge in [-0.15, -0.1) is 0 Å². The Bertz CT molecular complexity index is 1980. The molecule has 3 heterocycles. The summed E-state index contributed by atoms with van der Waals surface area (Å²) in [6.45, 7) is 1.58. The first-order valence-corrected chi connectivity index (χ1v) is 17.1. The number of thioether (sulfide) groups is 1. The normalized spacial score (nSPS) is 19.3. The molecule has 11 nitrogen and oxygen atoms in total. The second kappa shape index (κ2) is 11.6. The highest BCUT2D eigenvalue weighted by Gasteiger charge is 2.56. The Balaban J connectivity index is 1.37. The molecule has 0 spiro atoms. The lowest BCUT2D eigenvalue weighted by atomic mass is 9.83. The second-order valence-electron chi connectivity index (χ2n) is 11.1. The Labute approximate surface area is 267 Å². The number of benzene rings is 3. The van der Waals surface area contributed by atoms with E-state index in [1.807, 2.05) is 62.3 Å². The van der Waals surface area contributed by atoms with E-state index in [4.69, 9.17) is 5.14 Å². The fraction of sp³-hybridized carbons (Fsp3) is 0.226. The third-order valence-electron chi connectivity index (χ3n) is 7.88. The van der Waals surface area contributed by atoms with E-state index in [2.05, 4.69) is 5.32 Å². The lowest BCUT2D eigenvalue weighted by Gasteiger charge is -2.31. The molecule has 2 aliphatic heterocycles. The van der Waals surface area contributed by atoms with Crippen LogP contribution in [0.4, 0.5) is 17.1 Å². The number of nitrogens with zero attached hydrogens (tertiary/aromatic N) is 3. The predicted molar refractivity (Wildman–Crippen MR) is 174 cm³/mol. The zero-order valence-corrected chi connectivity index (χ0v) is 26.9. The molecule has 3 aromatic carbocycles. The Morgan fingerprint density at radius 2 is 1.58 bits per heavy atom. The number of primary sulfonamides is 1. The lowest BCUT2D eigenvalue weighted by molar-refractivity contribution is -0.122. The number of hydrogen-bond acceptors (Lipinski definition) is 9. The molecular formula is C31H29N5O6S3. The molecule has 3 atom stereocenters. The molecule has 3 amide bonds. The van der Waals surface area contributed by atoms with Crippen molar-refractivity contribution in [3.05, 3.63) is 98.5 Å². The van der Waals surface area contributed by atoms with Crippen molar-refractivity contribution < 1.29 is 22.8 Å². The summed E-state index contributed by atoms with van der Waals surface area (Å²) in [5, 5.41) is 7.49. The molecule has 2 aliphatic rings. The Hall–Kier alpha value is -4.24. The number of imide groups is 1. The smallest absolute Gasteiger partial charge is 0.308 e. The van der Waals surface area contributed by atoms with Gasteiger partial charge in [0.1, 0.15) is 11.8 Å². The molecular weight excluding hydrogens is 635 g/mol. The summed E-state index contributed by atoms with van der Waals surface area (Å²) in [4.78, 5) is 57.8. The summed E-state index contributed by atoms with van der Waals surface area (Å²) in [6.07, 6.45) is 0. The maximum Gasteiger partial charge on any atom is 0.308 e. The van der Waals surface area contributed by atoms with E-state index in [0.29, 0.717) is 21.3 Å². The number of carbonyl (C=O) groups excluding carboxylic acids is 3. The van der Waals surface area contributed by atoms with Gasteiger partial charge in [0.15, 0.2) is 0 Å². The van der Waals surface area contributed by atoms with Gasteiger partial charge in [0.25, 0.3) is 0 Å². The van der Waals surface area contributed by atoms with Gasteiger partial charge >= 0.3 is 4.87 Å². The lowest BCUT2D eigenvalue weighted by Crippen LogP contribution is -2.33. The van der Waals surface area contributed by atoms with Crippen LogP contribution in [-0.2, 0) is 31.0 Å². The molecule has 6 rings (SSSR count). The molecule has 0 radical (unpaired) electrons. The van der Waals surface area contributed by atoms with Gasteiger partial charge in [0, 0.05) is 36.3 Å². The van der Waals surface area contributed by atoms with E-state index in [-0.39, 0.29) is 23.3 Å². The molecule has 0 bridgehead atoms. The van der Waals surface area contributed by atoms with Gasteiger partial charge in [-0.25, -0.2) is 18.5 Å². The Kier molecular flexibility index (Phi) is 7.93. The molecule has 232 valence electrons. The number of thiazole rings is 1. The van der Waals surface area contributed by atoms with Gasteiger partial charge in [-0.2, -0.15) is 0 Å². The predicted octanol–water partition coefficient (Wildman–Crippen LogP) is 3.37. The van der Waals surface area contributed by atoms with Crippen LogP contribution in [0.3, 0.4) is 0 Å². The van der Waals surface area contributed by atoms with Crippen LogP contribution in [0.15, 0.2) is 87.5 Å². The van der Waals surface area contributed by atoms with E-state index in [9.17, 15) is 27.6 Å². The highest BCUT2D eigenvalue weighted by atomic mass is 32.2. The van der Waals surface area contributed by atoms with E-state index < -0.39 is 37.9 Å². The number of rotatable bonds is 7. The third kappa shape index (κ3) is 5.70. The van der Waals surface area contributed by atoms with Crippen molar-refractivity contribution in [3.8, 4) is 0 Å². The summed E-state index contributed by atoms with van der Waals surface area (Å²) >= 11 is 2.11. The highest BCUT2D eigenvalue weighted by Crippen LogP contribution is 2.54. The molecule has 0 aliphatic carbocycles. The SMILES string of the molecule is Cc1ccc(N2C(=O)[C@H]3[C@H](c4ccc(N(C)C)cc4)c4sc(=O)n(CC(=O)Nc5ccc(S(N)(=O)=O)cc5)c4S[C@H]3C2=O)cc1. The van der Waals surface area contributed by atoms with Crippen LogP contribution >= 0.6 is 23.1 Å². The first-order chi connectivity index (χ1) is 21.3. The number of nitrogens with one attached hydrogen (secondary N) is 1. The first kappa shape index (κ1) is 30.8. The van der Waals surface area contributed by atoms with Gasteiger partial charge in [-0.3, -0.25) is 23.7 Å². The molecule has 4 aromatic rings. The minimum absolute atomic E-state index is 0.102. The van der Waals surface area contributed by atoms with E-state index in [0.717, 1.165) is 39.9 Å². The van der Waals surface area contributed by atoms with Gasteiger partial charge in [-0.05, 0) is 61.0 Å². The molecule has 1 fully saturated rings. The minimum Gasteiger partial charge on any atom is -0.378 e. The standard InChI is InChI=1S/C31H29N5O6S3/c1-17-4-10-21(11-5-17)36-28(38)25-24(18-6-12-20(13-7-18)34(2)3)27-30(43-26(25)29(36)39)35(31(40)44-27)16-23(37)33-19-8-14-22(15-9-19)45(32,41)42/h4-15,24-26H,16H2,1-3H3,(H,33,37)(H2,32,41,42)/t24-,25-,26+/m0/s1. The number of sulfonamides is 1. The number of amides is 3. The molecule has 14 heteroatoms. The number of hydrogen-bond donors (Lipinski definition) is 2. The van der Waals surface area contributed by atoms with Crippen molar-refractivity contribution in [1.82, 2.24) is 4.57 Å². The monoisotopic (exact) mass is 663 g/mol. The molecule has 3 N–H and O–H groups in total. The van der Waals surface area contributed by atoms with Crippen molar-refractivity contribution in [2.45, 2.75) is 34.6 Å². The number of aromatic nitrogens is 1. The van der Waals surface area contributed by atoms with Crippen LogP contribution in [-0.4, -0.2) is 50.1 Å². The van der Waals surface area contributed by atoms with Gasteiger partial charge in [-0.1, -0.05) is 52.9 Å². The zero-order valence-electron chi connectivity index (χ0n) is 24.5. The van der Waals surface area contributed by atoms with Crippen molar-refractivity contribution in [2.24, 2.45) is 11.1 Å². The average Bonchev–Trinajstić information content (AvgIpc) is 3.43. The average molecular weight is 664 g/mol. The van der Waals surface area contributed by atoms with Crippen molar-refractivity contribution in [1.29, 1.82) is 0 Å². The molecule has 1 aromatic heterocycles. The summed E-state index contributed by atoms with van der Waals surface area (Å²) < 4.78 is 24.5. The van der Waals surface area contributed by atoms with Crippen LogP contribution in [0, 0.1) is 12.8 Å². The number of aryl methyl sites for hydroxylation is 1. The van der Waals surface area contributed by atoms with E-state index in [1.165, 1.54) is 33.7 Å². The maximum atomic E-state index is 14.1. The van der Waals surface area contributed by atoms with Gasteiger partial charge < -0.3 is 10.2 Å². The molecule has 0 saturated carbocycles. The van der Waals surface area contributed by atoms with Gasteiger partial charge in [0.2, 0.25) is 27.7 Å². The van der Waals surface area contributed by atoms with Crippen LogP contribution < -0.4 is 25.1 Å². The summed E-state index contributed by atoms with van der Waals surface area (Å²) in [5.74, 6) is -2.56. The Morgan fingerprint density at radius 3 is 2.18 bits per heavy atom.